The molecule has 170 valence electrons. The van der Waals surface area contributed by atoms with Crippen LogP contribution < -0.4 is 0 Å². The van der Waals surface area contributed by atoms with E-state index < -0.39 is 5.41 Å². The second-order valence-electron chi connectivity index (χ2n) is 10.2. The first-order chi connectivity index (χ1) is 16.2. The van der Waals surface area contributed by atoms with Crippen molar-refractivity contribution in [1.29, 1.82) is 0 Å². The average Bonchev–Trinajstić information content (AvgIpc) is 3.14. The van der Waals surface area contributed by atoms with Crippen molar-refractivity contribution < 1.29 is 9.53 Å². The fraction of sp³-hybridized carbons (Fsp3) is 0.448. The zero-order valence-corrected chi connectivity index (χ0v) is 19.2. The van der Waals surface area contributed by atoms with E-state index in [4.69, 9.17) is 4.74 Å². The first-order valence-electron chi connectivity index (χ1n) is 12.5. The Labute approximate surface area is 196 Å². The second-order valence-corrected chi connectivity index (χ2v) is 10.2. The van der Waals surface area contributed by atoms with E-state index in [0.717, 1.165) is 50.5 Å². The van der Waals surface area contributed by atoms with Crippen LogP contribution >= 0.6 is 0 Å². The fourth-order valence-corrected chi connectivity index (χ4v) is 6.79. The highest BCUT2D eigenvalue weighted by atomic mass is 16.5. The summed E-state index contributed by atoms with van der Waals surface area (Å²) in [7, 11) is 0. The molecule has 33 heavy (non-hydrogen) atoms. The molecule has 2 aromatic carbocycles. The number of pyridine rings is 1. The summed E-state index contributed by atoms with van der Waals surface area (Å²) in [6, 6.07) is 21.9. The van der Waals surface area contributed by atoms with Gasteiger partial charge in [0.1, 0.15) is 0 Å². The van der Waals surface area contributed by atoms with Crippen molar-refractivity contribution in [2.45, 2.75) is 62.4 Å². The van der Waals surface area contributed by atoms with Crippen molar-refractivity contribution in [3.05, 3.63) is 78.0 Å². The van der Waals surface area contributed by atoms with E-state index in [1.165, 1.54) is 16.5 Å². The molecule has 1 amide bonds. The van der Waals surface area contributed by atoms with Crippen LogP contribution in [0.1, 0.15) is 49.7 Å². The summed E-state index contributed by atoms with van der Waals surface area (Å²) < 4.78 is 5.70. The Morgan fingerprint density at radius 3 is 2.45 bits per heavy atom. The molecule has 3 saturated heterocycles. The van der Waals surface area contributed by atoms with Crippen molar-refractivity contribution in [2.75, 3.05) is 13.2 Å². The summed E-state index contributed by atoms with van der Waals surface area (Å²) in [5.41, 5.74) is 3.22. The lowest BCUT2D eigenvalue weighted by molar-refractivity contribution is -0.146. The predicted molar refractivity (Wildman–Crippen MR) is 130 cm³/mol. The van der Waals surface area contributed by atoms with Gasteiger partial charge in [-0.1, -0.05) is 48.5 Å². The number of piperidine rings is 1. The van der Waals surface area contributed by atoms with E-state index in [1.807, 2.05) is 18.3 Å². The molecular formula is C29H32N2O2. The maximum atomic E-state index is 14.2. The smallest absolute Gasteiger partial charge is 0.233 e. The molecule has 3 aromatic rings. The molecule has 0 saturated carbocycles. The van der Waals surface area contributed by atoms with E-state index in [-0.39, 0.29) is 0 Å². The third-order valence-corrected chi connectivity index (χ3v) is 8.39. The number of ether oxygens (including phenoxy) is 1. The van der Waals surface area contributed by atoms with Crippen molar-refractivity contribution >= 4 is 16.8 Å². The molecule has 4 heterocycles. The highest BCUT2D eigenvalue weighted by Gasteiger charge is 2.51. The molecular weight excluding hydrogens is 408 g/mol. The number of amides is 1. The Morgan fingerprint density at radius 1 is 0.939 bits per heavy atom. The maximum absolute atomic E-state index is 14.2. The molecule has 2 atom stereocenters. The van der Waals surface area contributed by atoms with Gasteiger partial charge in [-0.3, -0.25) is 9.78 Å². The van der Waals surface area contributed by atoms with E-state index in [9.17, 15) is 4.79 Å². The molecule has 6 rings (SSSR count). The number of carbonyl (C=O) groups is 1. The van der Waals surface area contributed by atoms with Gasteiger partial charge in [0.25, 0.3) is 0 Å². The van der Waals surface area contributed by atoms with Gasteiger partial charge in [0.2, 0.25) is 5.91 Å². The number of rotatable bonds is 4. The van der Waals surface area contributed by atoms with Gasteiger partial charge >= 0.3 is 0 Å². The first-order valence-corrected chi connectivity index (χ1v) is 12.5. The summed E-state index contributed by atoms with van der Waals surface area (Å²) in [6.07, 6.45) is 9.04. The SMILES string of the molecule is O=C(N1C2CCC1CC(Cc1cccc3ncccc13)C2)C1(c2ccccc2)CCOCC1. The van der Waals surface area contributed by atoms with Crippen LogP contribution in [0.3, 0.4) is 0 Å². The zero-order valence-electron chi connectivity index (χ0n) is 19.2. The molecule has 0 N–H and O–H groups in total. The van der Waals surface area contributed by atoms with Gasteiger partial charge in [0, 0.05) is 36.9 Å². The van der Waals surface area contributed by atoms with Crippen LogP contribution in [0.15, 0.2) is 66.9 Å². The normalized spacial score (nSPS) is 26.4. The lowest BCUT2D eigenvalue weighted by Gasteiger charge is -2.46. The van der Waals surface area contributed by atoms with Crippen molar-refractivity contribution in [2.24, 2.45) is 5.92 Å². The minimum atomic E-state index is -0.422. The molecule has 2 bridgehead atoms. The number of hydrogen-bond donors (Lipinski definition) is 0. The lowest BCUT2D eigenvalue weighted by Crippen LogP contribution is -2.56. The monoisotopic (exact) mass is 440 g/mol. The third kappa shape index (κ3) is 3.65. The number of aromatic nitrogens is 1. The summed E-state index contributed by atoms with van der Waals surface area (Å²) in [4.78, 5) is 21.1. The predicted octanol–water partition coefficient (Wildman–Crippen LogP) is 5.30. The average molecular weight is 441 g/mol. The Balaban J connectivity index is 1.24. The Morgan fingerprint density at radius 2 is 1.70 bits per heavy atom. The number of carbonyl (C=O) groups excluding carboxylic acids is 1. The minimum absolute atomic E-state index is 0.359. The quantitative estimate of drug-likeness (QED) is 0.553. The molecule has 1 aromatic heterocycles. The van der Waals surface area contributed by atoms with Gasteiger partial charge in [0.15, 0.2) is 0 Å². The highest BCUT2D eigenvalue weighted by molar-refractivity contribution is 5.89. The lowest BCUT2D eigenvalue weighted by atomic mass is 9.72. The second kappa shape index (κ2) is 8.57. The topological polar surface area (TPSA) is 42.4 Å². The fourth-order valence-electron chi connectivity index (χ4n) is 6.79. The molecule has 3 aliphatic rings. The summed E-state index contributed by atoms with van der Waals surface area (Å²) >= 11 is 0. The van der Waals surface area contributed by atoms with Crippen LogP contribution in [-0.4, -0.2) is 41.1 Å². The molecule has 4 nitrogen and oxygen atoms in total. The number of hydrogen-bond acceptors (Lipinski definition) is 3. The summed E-state index contributed by atoms with van der Waals surface area (Å²) in [5.74, 6) is 0.983. The van der Waals surface area contributed by atoms with Gasteiger partial charge < -0.3 is 9.64 Å². The van der Waals surface area contributed by atoms with Crippen molar-refractivity contribution in [3.8, 4) is 0 Å². The molecule has 3 fully saturated rings. The molecule has 2 unspecified atom stereocenters. The maximum Gasteiger partial charge on any atom is 0.233 e. The van der Waals surface area contributed by atoms with Crippen LogP contribution in [-0.2, 0) is 21.4 Å². The van der Waals surface area contributed by atoms with E-state index >= 15 is 0 Å². The Hall–Kier alpha value is -2.72. The Bertz CT molecular complexity index is 1120. The van der Waals surface area contributed by atoms with Crippen LogP contribution in [0.2, 0.25) is 0 Å². The van der Waals surface area contributed by atoms with Gasteiger partial charge in [-0.25, -0.2) is 0 Å². The van der Waals surface area contributed by atoms with Gasteiger partial charge in [-0.05, 0) is 74.1 Å². The Kier molecular flexibility index (Phi) is 5.41. The number of nitrogens with zero attached hydrogens (tertiary/aromatic N) is 2. The highest BCUT2D eigenvalue weighted by Crippen LogP contribution is 2.45. The first kappa shape index (κ1) is 20.9. The van der Waals surface area contributed by atoms with Gasteiger partial charge in [-0.15, -0.1) is 0 Å². The number of fused-ring (bicyclic) bond motifs is 3. The largest absolute Gasteiger partial charge is 0.381 e. The van der Waals surface area contributed by atoms with Crippen molar-refractivity contribution in [3.63, 3.8) is 0 Å². The van der Waals surface area contributed by atoms with Gasteiger partial charge in [0.05, 0.1) is 10.9 Å². The van der Waals surface area contributed by atoms with E-state index in [0.29, 0.717) is 37.1 Å². The van der Waals surface area contributed by atoms with Crippen molar-refractivity contribution in [1.82, 2.24) is 9.88 Å². The standard InChI is InChI=1S/C29H32N2O2/c32-28(29(13-16-33-17-14-29)23-7-2-1-3-8-23)31-24-11-12-25(31)20-21(19-24)18-22-6-4-10-27-26(22)9-5-15-30-27/h1-10,15,21,24-25H,11-14,16-20H2. The van der Waals surface area contributed by atoms with Crippen LogP contribution in [0.25, 0.3) is 10.9 Å². The number of benzene rings is 2. The summed E-state index contributed by atoms with van der Waals surface area (Å²) in [5, 5.41) is 1.27. The van der Waals surface area contributed by atoms with Gasteiger partial charge in [-0.2, -0.15) is 0 Å². The molecule has 3 aliphatic heterocycles. The zero-order chi connectivity index (χ0) is 22.3. The summed E-state index contributed by atoms with van der Waals surface area (Å²) in [6.45, 7) is 1.34. The third-order valence-electron chi connectivity index (χ3n) is 8.39. The molecule has 0 spiro atoms. The molecule has 0 aliphatic carbocycles. The molecule has 4 heteroatoms. The van der Waals surface area contributed by atoms with Crippen LogP contribution in [0.5, 0.6) is 0 Å². The molecule has 0 radical (unpaired) electrons. The van der Waals surface area contributed by atoms with E-state index in [2.05, 4.69) is 58.4 Å². The van der Waals surface area contributed by atoms with Crippen LogP contribution in [0.4, 0.5) is 0 Å². The minimum Gasteiger partial charge on any atom is -0.381 e. The van der Waals surface area contributed by atoms with Crippen LogP contribution in [0, 0.1) is 5.92 Å². The van der Waals surface area contributed by atoms with E-state index in [1.54, 1.807) is 0 Å².